The number of benzene rings is 1. The molecule has 1 aliphatic rings. The Morgan fingerprint density at radius 2 is 1.73 bits per heavy atom. The van der Waals surface area contributed by atoms with Crippen LogP contribution in [0.25, 0.3) is 17.0 Å². The molecule has 1 aromatic carbocycles. The first-order valence-corrected chi connectivity index (χ1v) is 9.17. The van der Waals surface area contributed by atoms with Gasteiger partial charge in [0.2, 0.25) is 0 Å². The van der Waals surface area contributed by atoms with Crippen LogP contribution in [0.3, 0.4) is 0 Å². The Hall–Kier alpha value is -2.81. The average molecular weight is 345 g/mol. The second-order valence-corrected chi connectivity index (χ2v) is 5.90. The largest absolute Gasteiger partial charge is 0.213 e. The summed E-state index contributed by atoms with van der Waals surface area (Å²) in [5, 5.41) is 0. The van der Waals surface area contributed by atoms with Gasteiger partial charge >= 0.3 is 0 Å². The van der Waals surface area contributed by atoms with Gasteiger partial charge in [-0.2, -0.15) is 0 Å². The number of hydrogen-bond acceptors (Lipinski definition) is 3. The van der Waals surface area contributed by atoms with E-state index in [9.17, 15) is 0 Å². The van der Waals surface area contributed by atoms with Gasteiger partial charge in [0.1, 0.15) is 5.82 Å². The summed E-state index contributed by atoms with van der Waals surface area (Å²) in [6.07, 6.45) is 17.9. The first-order chi connectivity index (χ1) is 12.7. The van der Waals surface area contributed by atoms with E-state index in [1.54, 1.807) is 0 Å². The third-order valence-corrected chi connectivity index (χ3v) is 3.71. The number of aromatic nitrogens is 3. The van der Waals surface area contributed by atoms with Crippen LogP contribution in [0.5, 0.6) is 0 Å². The predicted molar refractivity (Wildman–Crippen MR) is 111 cm³/mol. The summed E-state index contributed by atoms with van der Waals surface area (Å²) in [4.78, 5) is 13.5. The lowest BCUT2D eigenvalue weighted by molar-refractivity contribution is 0.953. The van der Waals surface area contributed by atoms with Gasteiger partial charge < -0.3 is 0 Å². The van der Waals surface area contributed by atoms with Gasteiger partial charge in [-0.1, -0.05) is 79.8 Å². The van der Waals surface area contributed by atoms with Gasteiger partial charge in [0.25, 0.3) is 0 Å². The van der Waals surface area contributed by atoms with Crippen molar-refractivity contribution >= 4 is 5.57 Å². The van der Waals surface area contributed by atoms with Crippen molar-refractivity contribution in [3.63, 3.8) is 0 Å². The molecule has 0 bridgehead atoms. The smallest absolute Gasteiger partial charge is 0.163 e. The number of hydrogen-bond donors (Lipinski definition) is 0. The van der Waals surface area contributed by atoms with Gasteiger partial charge in [-0.3, -0.25) is 0 Å². The van der Waals surface area contributed by atoms with Gasteiger partial charge in [-0.25, -0.2) is 15.0 Å². The molecule has 1 aliphatic carbocycles. The van der Waals surface area contributed by atoms with E-state index in [4.69, 9.17) is 0 Å². The lowest BCUT2D eigenvalue weighted by Gasteiger charge is -2.08. The summed E-state index contributed by atoms with van der Waals surface area (Å²) in [6.45, 7) is 6.05. The molecule has 0 N–H and O–H groups in total. The first kappa shape index (κ1) is 19.5. The van der Waals surface area contributed by atoms with E-state index in [2.05, 4.69) is 52.3 Å². The summed E-state index contributed by atoms with van der Waals surface area (Å²) in [5.41, 5.74) is 2.11. The van der Waals surface area contributed by atoms with E-state index in [-0.39, 0.29) is 0 Å². The molecule has 3 rings (SSSR count). The fraction of sp³-hybridized carbons (Fsp3) is 0.261. The highest BCUT2D eigenvalue weighted by Crippen LogP contribution is 2.21. The van der Waals surface area contributed by atoms with E-state index in [0.29, 0.717) is 0 Å². The average Bonchev–Trinajstić information content (AvgIpc) is 2.70. The van der Waals surface area contributed by atoms with Crippen LogP contribution in [0.2, 0.25) is 0 Å². The predicted octanol–water partition coefficient (Wildman–Crippen LogP) is 6.11. The molecule has 0 unspecified atom stereocenters. The van der Waals surface area contributed by atoms with Crippen LogP contribution >= 0.6 is 0 Å². The zero-order chi connectivity index (χ0) is 18.6. The van der Waals surface area contributed by atoms with Gasteiger partial charge in [0, 0.05) is 11.1 Å². The van der Waals surface area contributed by atoms with Gasteiger partial charge in [0.05, 0.1) is 0 Å². The molecule has 0 aliphatic heterocycles. The van der Waals surface area contributed by atoms with Crippen molar-refractivity contribution in [2.45, 2.75) is 40.0 Å². The molecular weight excluding hydrogens is 318 g/mol. The Kier molecular flexibility index (Phi) is 8.20. The van der Waals surface area contributed by atoms with Crippen LogP contribution in [-0.2, 0) is 0 Å². The number of allylic oxidation sites excluding steroid dienone is 8. The molecule has 1 heterocycles. The number of aryl methyl sites for hydroxylation is 1. The number of nitrogens with zero attached hydrogens (tertiary/aromatic N) is 3. The van der Waals surface area contributed by atoms with Crippen LogP contribution in [0.1, 0.15) is 44.8 Å². The molecule has 0 saturated carbocycles. The molecule has 1 aromatic heterocycles. The van der Waals surface area contributed by atoms with E-state index < -0.39 is 0 Å². The van der Waals surface area contributed by atoms with Crippen LogP contribution in [0, 0.1) is 6.92 Å². The monoisotopic (exact) mass is 345 g/mol. The highest BCUT2D eigenvalue weighted by Gasteiger charge is 2.09. The van der Waals surface area contributed by atoms with Crippen molar-refractivity contribution < 1.29 is 0 Å². The summed E-state index contributed by atoms with van der Waals surface area (Å²) in [6, 6.07) is 10.0. The zero-order valence-electron chi connectivity index (χ0n) is 15.9. The Balaban J connectivity index is 0.000000298. The highest BCUT2D eigenvalue weighted by molar-refractivity contribution is 5.71. The molecular formula is C23H27N3. The molecule has 0 saturated heterocycles. The molecule has 3 heteroatoms. The zero-order valence-corrected chi connectivity index (χ0v) is 15.9. The van der Waals surface area contributed by atoms with Gasteiger partial charge in [-0.05, 0) is 33.1 Å². The van der Waals surface area contributed by atoms with Crippen LogP contribution in [-0.4, -0.2) is 15.0 Å². The number of rotatable bonds is 4. The van der Waals surface area contributed by atoms with E-state index >= 15 is 0 Å². The summed E-state index contributed by atoms with van der Waals surface area (Å²) < 4.78 is 0. The second kappa shape index (κ2) is 10.9. The summed E-state index contributed by atoms with van der Waals surface area (Å²) >= 11 is 0. The third-order valence-electron chi connectivity index (χ3n) is 3.71. The lowest BCUT2D eigenvalue weighted by Crippen LogP contribution is -2.02. The van der Waals surface area contributed by atoms with Crippen molar-refractivity contribution in [1.29, 1.82) is 0 Å². The normalized spacial score (nSPS) is 13.6. The minimum absolute atomic E-state index is 0.739. The van der Waals surface area contributed by atoms with Crippen LogP contribution in [0.4, 0.5) is 0 Å². The minimum atomic E-state index is 0.739. The standard InChI is InChI=1S/C16H15N3.C7H12/c1-12-17-15(13-8-4-2-5-9-13)19-16(18-12)14-10-6-3-7-11-14;1-3-5-7-6-4-2/h2,4-6,8-11H,3,7H2,1H3;3,5-7H,4H2,1-2H3/b;5-3-,7-6-. The van der Waals surface area contributed by atoms with E-state index in [0.717, 1.165) is 47.9 Å². The molecule has 0 radical (unpaired) electrons. The maximum atomic E-state index is 4.59. The molecule has 134 valence electrons. The molecule has 3 nitrogen and oxygen atoms in total. The van der Waals surface area contributed by atoms with E-state index in [1.165, 1.54) is 0 Å². The van der Waals surface area contributed by atoms with Crippen molar-refractivity contribution in [2.75, 3.05) is 0 Å². The van der Waals surface area contributed by atoms with Gasteiger partial charge in [-0.15, -0.1) is 0 Å². The molecule has 0 spiro atoms. The van der Waals surface area contributed by atoms with Crippen molar-refractivity contribution in [1.82, 2.24) is 15.0 Å². The molecule has 0 atom stereocenters. The maximum absolute atomic E-state index is 4.59. The Bertz CT molecular complexity index is 799. The second-order valence-electron chi connectivity index (χ2n) is 5.90. The third kappa shape index (κ3) is 6.25. The van der Waals surface area contributed by atoms with Crippen LogP contribution in [0.15, 0.2) is 72.9 Å². The summed E-state index contributed by atoms with van der Waals surface area (Å²) in [7, 11) is 0. The fourth-order valence-corrected chi connectivity index (χ4v) is 2.43. The topological polar surface area (TPSA) is 38.7 Å². The first-order valence-electron chi connectivity index (χ1n) is 9.17. The Morgan fingerprint density at radius 3 is 2.38 bits per heavy atom. The van der Waals surface area contributed by atoms with Crippen molar-refractivity contribution in [2.24, 2.45) is 0 Å². The SMILES string of the molecule is C/C=C\C=C/CC.Cc1nc(C2=CCCC=C2)nc(-c2ccccc2)n1. The molecule has 2 aromatic rings. The minimum Gasteiger partial charge on any atom is -0.213 e. The highest BCUT2D eigenvalue weighted by atomic mass is 15.0. The van der Waals surface area contributed by atoms with Gasteiger partial charge in [0.15, 0.2) is 11.6 Å². The van der Waals surface area contributed by atoms with E-state index in [1.807, 2.05) is 56.3 Å². The maximum Gasteiger partial charge on any atom is 0.163 e. The van der Waals surface area contributed by atoms with Crippen molar-refractivity contribution in [3.05, 3.63) is 84.5 Å². The van der Waals surface area contributed by atoms with Crippen molar-refractivity contribution in [3.8, 4) is 11.4 Å². The molecule has 0 fully saturated rings. The van der Waals surface area contributed by atoms with Crippen LogP contribution < -0.4 is 0 Å². The Labute approximate surface area is 156 Å². The summed E-state index contributed by atoms with van der Waals surface area (Å²) in [5.74, 6) is 2.26. The lowest BCUT2D eigenvalue weighted by atomic mass is 10.1. The quantitative estimate of drug-likeness (QED) is 0.628. The fourth-order valence-electron chi connectivity index (χ4n) is 2.43. The molecule has 26 heavy (non-hydrogen) atoms. The Morgan fingerprint density at radius 1 is 0.962 bits per heavy atom. The molecule has 0 amide bonds.